The van der Waals surface area contributed by atoms with Crippen LogP contribution in [0.2, 0.25) is 0 Å². The van der Waals surface area contributed by atoms with E-state index >= 15 is 0 Å². The van der Waals surface area contributed by atoms with E-state index < -0.39 is 0 Å². The van der Waals surface area contributed by atoms with Crippen molar-refractivity contribution in [1.29, 1.82) is 0 Å². The lowest BCUT2D eigenvalue weighted by Crippen LogP contribution is -2.26. The second-order valence-electron chi connectivity index (χ2n) is 5.43. The van der Waals surface area contributed by atoms with Crippen molar-refractivity contribution < 1.29 is 0 Å². The Balaban J connectivity index is 2.52. The molecule has 0 unspecified atom stereocenters. The fourth-order valence-corrected chi connectivity index (χ4v) is 2.62. The molecule has 116 valence electrons. The fraction of sp³-hybridized carbons (Fsp3) is 0.389. The molecule has 0 aromatic carbocycles. The van der Waals surface area contributed by atoms with Crippen LogP contribution in [0.15, 0.2) is 41.6 Å². The van der Waals surface area contributed by atoms with Crippen molar-refractivity contribution in [2.75, 3.05) is 18.5 Å². The van der Waals surface area contributed by atoms with E-state index in [0.29, 0.717) is 6.42 Å². The monoisotopic (exact) mass is 296 g/mol. The highest BCUT2D eigenvalue weighted by Gasteiger charge is 2.14. The van der Waals surface area contributed by atoms with Crippen LogP contribution in [0.5, 0.6) is 0 Å². The average Bonchev–Trinajstić information content (AvgIpc) is 2.65. The third-order valence-corrected chi connectivity index (χ3v) is 3.79. The first-order valence-corrected chi connectivity index (χ1v) is 7.46. The summed E-state index contributed by atoms with van der Waals surface area (Å²) in [6.45, 7) is 6.73. The zero-order chi connectivity index (χ0) is 16.1. The zero-order valence-electron chi connectivity index (χ0n) is 13.9. The minimum absolute atomic E-state index is 0.687. The van der Waals surface area contributed by atoms with E-state index in [1.54, 1.807) is 0 Å². The van der Waals surface area contributed by atoms with Crippen molar-refractivity contribution in [3.63, 3.8) is 0 Å². The highest BCUT2D eigenvalue weighted by molar-refractivity contribution is 5.44. The van der Waals surface area contributed by atoms with Gasteiger partial charge in [-0.3, -0.25) is 4.57 Å². The highest BCUT2D eigenvalue weighted by Crippen LogP contribution is 2.16. The van der Waals surface area contributed by atoms with Crippen LogP contribution in [0, 0.1) is 18.8 Å². The van der Waals surface area contributed by atoms with E-state index in [1.165, 1.54) is 5.69 Å². The molecule has 0 bridgehead atoms. The Morgan fingerprint density at radius 2 is 2.14 bits per heavy atom. The van der Waals surface area contributed by atoms with Gasteiger partial charge in [-0.2, -0.15) is 0 Å². The third-order valence-electron chi connectivity index (χ3n) is 3.79. The van der Waals surface area contributed by atoms with Gasteiger partial charge in [-0.05, 0) is 13.0 Å². The molecule has 4 nitrogen and oxygen atoms in total. The molecule has 1 aromatic heterocycles. The number of hydrogen-bond donors (Lipinski definition) is 0. The number of rotatable bonds is 4. The summed E-state index contributed by atoms with van der Waals surface area (Å²) in [6, 6.07) is 0. The summed E-state index contributed by atoms with van der Waals surface area (Å²) in [6.07, 6.45) is 9.54. The maximum absolute atomic E-state index is 4.82. The van der Waals surface area contributed by atoms with E-state index in [2.05, 4.69) is 52.5 Å². The van der Waals surface area contributed by atoms with Crippen molar-refractivity contribution in [1.82, 2.24) is 9.13 Å². The van der Waals surface area contributed by atoms with Gasteiger partial charge >= 0.3 is 0 Å². The van der Waals surface area contributed by atoms with Crippen molar-refractivity contribution in [3.05, 3.63) is 47.9 Å². The van der Waals surface area contributed by atoms with Crippen molar-refractivity contribution >= 4 is 5.82 Å². The first-order valence-electron chi connectivity index (χ1n) is 7.46. The minimum Gasteiger partial charge on any atom is -0.356 e. The first-order chi connectivity index (χ1) is 10.6. The lowest BCUT2D eigenvalue weighted by molar-refractivity contribution is 0.724. The summed E-state index contributed by atoms with van der Waals surface area (Å²) >= 11 is 0. The van der Waals surface area contributed by atoms with Gasteiger partial charge in [0.2, 0.25) is 5.62 Å². The smallest absolute Gasteiger partial charge is 0.211 e. The summed E-state index contributed by atoms with van der Waals surface area (Å²) in [7, 11) is 6.16. The first kappa shape index (κ1) is 16.0. The molecule has 0 saturated heterocycles. The molecule has 22 heavy (non-hydrogen) atoms. The molecule has 2 rings (SSSR count). The number of allylic oxidation sites excluding steroid dienone is 4. The van der Waals surface area contributed by atoms with Crippen LogP contribution in [-0.4, -0.2) is 22.7 Å². The number of likely N-dealkylation sites (N-methyl/N-ethyl adjacent to an activating group) is 1. The van der Waals surface area contributed by atoms with Crippen molar-refractivity contribution in [2.24, 2.45) is 19.1 Å². The Kier molecular flexibility index (Phi) is 5.11. The van der Waals surface area contributed by atoms with Crippen LogP contribution in [0.1, 0.15) is 18.5 Å². The van der Waals surface area contributed by atoms with Gasteiger partial charge in [-0.15, -0.1) is 6.58 Å². The largest absolute Gasteiger partial charge is 0.356 e. The van der Waals surface area contributed by atoms with Crippen LogP contribution in [0.25, 0.3) is 0 Å². The molecule has 0 spiro atoms. The molecule has 1 aromatic rings. The topological polar surface area (TPSA) is 25.5 Å². The zero-order valence-corrected chi connectivity index (χ0v) is 13.9. The van der Waals surface area contributed by atoms with Crippen molar-refractivity contribution in [3.8, 4) is 11.8 Å². The molecule has 1 heterocycles. The fourth-order valence-electron chi connectivity index (χ4n) is 2.62. The van der Waals surface area contributed by atoms with E-state index in [9.17, 15) is 0 Å². The standard InChI is InChI=1S/C18H24N4/c1-6-14-20(3)17-15(2)21(4)18(22(17)5)19-16-12-10-8-7-9-11-13-16/h6,8,10,12H,1,7,13-14H2,2-5H3/b10-8-,16-12+,19-18-. The Morgan fingerprint density at radius 1 is 1.36 bits per heavy atom. The van der Waals surface area contributed by atoms with Crippen LogP contribution in [0.3, 0.4) is 0 Å². The Labute approximate surface area is 132 Å². The van der Waals surface area contributed by atoms with Crippen LogP contribution >= 0.6 is 0 Å². The van der Waals surface area contributed by atoms with Crippen molar-refractivity contribution in [2.45, 2.75) is 19.8 Å². The van der Waals surface area contributed by atoms with Gasteiger partial charge in [0, 0.05) is 34.1 Å². The van der Waals surface area contributed by atoms with Crippen LogP contribution in [0.4, 0.5) is 5.82 Å². The molecule has 0 N–H and O–H groups in total. The Bertz CT molecular complexity index is 745. The molecule has 0 radical (unpaired) electrons. The molecular weight excluding hydrogens is 272 g/mol. The number of nitrogens with zero attached hydrogens (tertiary/aromatic N) is 4. The molecule has 0 fully saturated rings. The quantitative estimate of drug-likeness (QED) is 0.619. The second kappa shape index (κ2) is 7.04. The van der Waals surface area contributed by atoms with Gasteiger partial charge in [-0.1, -0.05) is 30.1 Å². The predicted octanol–water partition coefficient (Wildman–Crippen LogP) is 2.43. The normalized spacial score (nSPS) is 18.5. The second-order valence-corrected chi connectivity index (χ2v) is 5.43. The summed E-state index contributed by atoms with van der Waals surface area (Å²) < 4.78 is 4.24. The SMILES string of the molecule is C=CCN(C)c1c(C)n(C)/c(=N/C2=C/C=C\CC#CC2)n1C. The third kappa shape index (κ3) is 3.25. The van der Waals surface area contributed by atoms with E-state index in [0.717, 1.165) is 30.1 Å². The van der Waals surface area contributed by atoms with Gasteiger partial charge in [-0.25, -0.2) is 4.99 Å². The molecule has 0 aliphatic heterocycles. The minimum atomic E-state index is 0.687. The van der Waals surface area contributed by atoms with E-state index in [-0.39, 0.29) is 0 Å². The average molecular weight is 296 g/mol. The van der Waals surface area contributed by atoms with Gasteiger partial charge in [0.15, 0.2) is 0 Å². The number of imidazole rings is 1. The van der Waals surface area contributed by atoms with Crippen LogP contribution in [-0.2, 0) is 14.1 Å². The molecular formula is C18H24N4. The molecule has 0 amide bonds. The lowest BCUT2D eigenvalue weighted by Gasteiger charge is -2.18. The highest BCUT2D eigenvalue weighted by atomic mass is 15.3. The van der Waals surface area contributed by atoms with Gasteiger partial charge < -0.3 is 9.47 Å². The van der Waals surface area contributed by atoms with Crippen LogP contribution < -0.4 is 10.5 Å². The number of hydrogen-bond acceptors (Lipinski definition) is 2. The Morgan fingerprint density at radius 3 is 2.86 bits per heavy atom. The van der Waals surface area contributed by atoms with Gasteiger partial charge in [0.25, 0.3) is 0 Å². The number of anilines is 1. The summed E-state index contributed by atoms with van der Waals surface area (Å²) in [4.78, 5) is 7.00. The number of aromatic nitrogens is 2. The Hall–Kier alpha value is -2.41. The predicted molar refractivity (Wildman–Crippen MR) is 92.4 cm³/mol. The maximum atomic E-state index is 4.82. The lowest BCUT2D eigenvalue weighted by atomic mass is 10.2. The summed E-state index contributed by atoms with van der Waals surface area (Å²) in [5, 5.41) is 0. The molecule has 0 saturated carbocycles. The molecule has 4 heteroatoms. The van der Waals surface area contributed by atoms with Gasteiger partial charge in [0.05, 0.1) is 17.8 Å². The summed E-state index contributed by atoms with van der Waals surface area (Å²) in [5.74, 6) is 7.42. The molecule has 1 aliphatic carbocycles. The van der Waals surface area contributed by atoms with Gasteiger partial charge in [0.1, 0.15) is 5.82 Å². The van der Waals surface area contributed by atoms with E-state index in [4.69, 9.17) is 4.99 Å². The summed E-state index contributed by atoms with van der Waals surface area (Å²) in [5.41, 5.74) is 3.08. The van der Waals surface area contributed by atoms with E-state index in [1.807, 2.05) is 32.3 Å². The maximum Gasteiger partial charge on any atom is 0.211 e. The molecule has 0 atom stereocenters. The molecule has 1 aliphatic rings.